The Bertz CT molecular complexity index is 759. The first-order chi connectivity index (χ1) is 11.9. The van der Waals surface area contributed by atoms with E-state index in [1.165, 1.54) is 17.9 Å². The molecule has 2 aromatic rings. The molecule has 0 aliphatic heterocycles. The second-order valence-corrected chi connectivity index (χ2v) is 6.26. The number of hydrogen-bond acceptors (Lipinski definition) is 2. The van der Waals surface area contributed by atoms with Crippen LogP contribution in [0, 0.1) is 5.82 Å². The smallest absolute Gasteiger partial charge is 0.244 e. The molecule has 0 spiro atoms. The lowest BCUT2D eigenvalue weighted by Crippen LogP contribution is -2.36. The summed E-state index contributed by atoms with van der Waals surface area (Å²) in [7, 11) is 0. The summed E-state index contributed by atoms with van der Waals surface area (Å²) in [5.74, 6) is -0.715. The van der Waals surface area contributed by atoms with Crippen LogP contribution in [-0.2, 0) is 16.1 Å². The lowest BCUT2D eigenvalue weighted by Gasteiger charge is -2.21. The molecule has 132 valence electrons. The minimum Gasteiger partial charge on any atom is -0.329 e. The van der Waals surface area contributed by atoms with Crippen LogP contribution in [0.1, 0.15) is 37.8 Å². The van der Waals surface area contributed by atoms with Crippen LogP contribution in [-0.4, -0.2) is 23.3 Å². The van der Waals surface area contributed by atoms with Crippen LogP contribution in [0.5, 0.6) is 0 Å². The Labute approximate surface area is 147 Å². The maximum absolute atomic E-state index is 13.8. The number of carbonyl (C=O) groups excluding carboxylic acids is 2. The highest BCUT2D eigenvalue weighted by Gasteiger charge is 2.17. The van der Waals surface area contributed by atoms with Gasteiger partial charge in [-0.05, 0) is 23.6 Å². The van der Waals surface area contributed by atoms with Gasteiger partial charge in [0, 0.05) is 24.7 Å². The van der Waals surface area contributed by atoms with E-state index in [1.54, 1.807) is 18.2 Å². The zero-order valence-electron chi connectivity index (χ0n) is 14.8. The number of anilines is 1. The molecule has 2 amide bonds. The molecule has 0 aliphatic carbocycles. The maximum atomic E-state index is 13.8. The number of halogens is 1. The fourth-order valence-corrected chi connectivity index (χ4v) is 2.59. The summed E-state index contributed by atoms with van der Waals surface area (Å²) in [6.07, 6.45) is 0. The van der Waals surface area contributed by atoms with Gasteiger partial charge in [0.2, 0.25) is 11.8 Å². The number of nitrogens with zero attached hydrogens (tertiary/aromatic N) is 1. The van der Waals surface area contributed by atoms with E-state index < -0.39 is 0 Å². The molecule has 2 aromatic carbocycles. The van der Waals surface area contributed by atoms with Crippen LogP contribution >= 0.6 is 0 Å². The second-order valence-electron chi connectivity index (χ2n) is 6.26. The molecular weight excluding hydrogens is 319 g/mol. The number of para-hydroxylation sites is 1. The van der Waals surface area contributed by atoms with Gasteiger partial charge in [-0.25, -0.2) is 4.39 Å². The number of benzene rings is 2. The van der Waals surface area contributed by atoms with E-state index in [2.05, 4.69) is 5.32 Å². The van der Waals surface area contributed by atoms with Gasteiger partial charge in [-0.2, -0.15) is 0 Å². The van der Waals surface area contributed by atoms with Crippen LogP contribution in [0.4, 0.5) is 10.1 Å². The summed E-state index contributed by atoms with van der Waals surface area (Å²) in [4.78, 5) is 25.5. The Hall–Kier alpha value is -2.69. The highest BCUT2D eigenvalue weighted by Crippen LogP contribution is 2.23. The van der Waals surface area contributed by atoms with Crippen LogP contribution < -0.4 is 5.32 Å². The Morgan fingerprint density at radius 2 is 1.72 bits per heavy atom. The van der Waals surface area contributed by atoms with E-state index in [4.69, 9.17) is 0 Å². The first-order valence-corrected chi connectivity index (χ1v) is 8.26. The maximum Gasteiger partial charge on any atom is 0.244 e. The Morgan fingerprint density at radius 3 is 2.36 bits per heavy atom. The zero-order chi connectivity index (χ0) is 18.4. The highest BCUT2D eigenvalue weighted by atomic mass is 19.1. The Kier molecular flexibility index (Phi) is 6.28. The largest absolute Gasteiger partial charge is 0.329 e. The van der Waals surface area contributed by atoms with E-state index in [0.29, 0.717) is 5.56 Å². The molecule has 0 atom stereocenters. The van der Waals surface area contributed by atoms with Crippen LogP contribution in [0.15, 0.2) is 48.5 Å². The molecule has 0 bridgehead atoms. The molecular formula is C20H23FN2O2. The molecule has 0 aromatic heterocycles. The average molecular weight is 342 g/mol. The molecule has 0 radical (unpaired) electrons. The number of carbonyl (C=O) groups is 2. The summed E-state index contributed by atoms with van der Waals surface area (Å²) in [5.41, 5.74) is 2.14. The molecule has 5 heteroatoms. The van der Waals surface area contributed by atoms with Gasteiger partial charge in [0.25, 0.3) is 0 Å². The number of nitrogens with one attached hydrogen (secondary N) is 1. The SMILES string of the molecule is CC(=O)N(CC(=O)Nc1ccccc1C(C)C)Cc1ccccc1F. The predicted molar refractivity (Wildman–Crippen MR) is 96.7 cm³/mol. The van der Waals surface area contributed by atoms with Gasteiger partial charge in [0.1, 0.15) is 12.4 Å². The van der Waals surface area contributed by atoms with Gasteiger partial charge in [-0.1, -0.05) is 50.2 Å². The predicted octanol–water partition coefficient (Wildman–Crippen LogP) is 3.94. The molecule has 0 aliphatic rings. The molecule has 0 fully saturated rings. The highest BCUT2D eigenvalue weighted by molar-refractivity contribution is 5.95. The van der Waals surface area contributed by atoms with Crippen molar-refractivity contribution in [1.82, 2.24) is 4.90 Å². The fraction of sp³-hybridized carbons (Fsp3) is 0.300. The van der Waals surface area contributed by atoms with Crippen LogP contribution in [0.25, 0.3) is 0 Å². The monoisotopic (exact) mass is 342 g/mol. The summed E-state index contributed by atoms with van der Waals surface area (Å²) < 4.78 is 13.8. The fourth-order valence-electron chi connectivity index (χ4n) is 2.59. The first kappa shape index (κ1) is 18.6. The van der Waals surface area contributed by atoms with Gasteiger partial charge >= 0.3 is 0 Å². The van der Waals surface area contributed by atoms with Crippen LogP contribution in [0.2, 0.25) is 0 Å². The van der Waals surface area contributed by atoms with Crippen molar-refractivity contribution in [2.45, 2.75) is 33.2 Å². The van der Waals surface area contributed by atoms with Crippen molar-refractivity contribution in [1.29, 1.82) is 0 Å². The number of amides is 2. The molecule has 0 heterocycles. The van der Waals surface area contributed by atoms with Gasteiger partial charge < -0.3 is 10.2 Å². The van der Waals surface area contributed by atoms with Crippen molar-refractivity contribution >= 4 is 17.5 Å². The van der Waals surface area contributed by atoms with Crippen molar-refractivity contribution in [2.24, 2.45) is 0 Å². The van der Waals surface area contributed by atoms with Gasteiger partial charge in [-0.3, -0.25) is 9.59 Å². The zero-order valence-corrected chi connectivity index (χ0v) is 14.8. The van der Waals surface area contributed by atoms with Crippen LogP contribution in [0.3, 0.4) is 0 Å². The standard InChI is InChI=1S/C20H23FN2O2/c1-14(2)17-9-5-7-11-19(17)22-20(25)13-23(15(3)24)12-16-8-4-6-10-18(16)21/h4-11,14H,12-13H2,1-3H3,(H,22,25). The van der Waals surface area contributed by atoms with E-state index in [-0.39, 0.29) is 36.6 Å². The van der Waals surface area contributed by atoms with Crippen molar-refractivity contribution < 1.29 is 14.0 Å². The molecule has 2 rings (SSSR count). The third kappa shape index (κ3) is 5.14. The average Bonchev–Trinajstić information content (AvgIpc) is 2.56. The lowest BCUT2D eigenvalue weighted by atomic mass is 10.0. The topological polar surface area (TPSA) is 49.4 Å². The molecule has 4 nitrogen and oxygen atoms in total. The summed E-state index contributed by atoms with van der Waals surface area (Å²) >= 11 is 0. The van der Waals surface area contributed by atoms with E-state index in [9.17, 15) is 14.0 Å². The minimum atomic E-state index is -0.390. The Balaban J connectivity index is 2.09. The Morgan fingerprint density at radius 1 is 1.08 bits per heavy atom. The van der Waals surface area contributed by atoms with Gasteiger partial charge in [0.05, 0.1) is 0 Å². The normalized spacial score (nSPS) is 10.6. The first-order valence-electron chi connectivity index (χ1n) is 8.26. The summed E-state index contributed by atoms with van der Waals surface area (Å²) in [6.45, 7) is 5.39. The molecule has 0 saturated carbocycles. The van der Waals surface area contributed by atoms with Crippen molar-refractivity contribution in [3.63, 3.8) is 0 Å². The summed E-state index contributed by atoms with van der Waals surface area (Å²) in [5, 5.41) is 2.85. The van der Waals surface area contributed by atoms with Crippen molar-refractivity contribution in [2.75, 3.05) is 11.9 Å². The van der Waals surface area contributed by atoms with Crippen molar-refractivity contribution in [3.8, 4) is 0 Å². The number of hydrogen-bond donors (Lipinski definition) is 1. The summed E-state index contributed by atoms with van der Waals surface area (Å²) in [6, 6.07) is 13.8. The third-order valence-electron chi connectivity index (χ3n) is 3.96. The van der Waals surface area contributed by atoms with E-state index in [1.807, 2.05) is 38.1 Å². The second kappa shape index (κ2) is 8.42. The quantitative estimate of drug-likeness (QED) is 0.864. The lowest BCUT2D eigenvalue weighted by molar-refractivity contribution is -0.133. The van der Waals surface area contributed by atoms with Gasteiger partial charge in [0.15, 0.2) is 0 Å². The molecule has 1 N–H and O–H groups in total. The third-order valence-corrected chi connectivity index (χ3v) is 3.96. The van der Waals surface area contributed by atoms with Crippen molar-refractivity contribution in [3.05, 3.63) is 65.5 Å². The molecule has 0 unspecified atom stereocenters. The number of rotatable bonds is 6. The molecule has 25 heavy (non-hydrogen) atoms. The van der Waals surface area contributed by atoms with Gasteiger partial charge in [-0.15, -0.1) is 0 Å². The van der Waals surface area contributed by atoms with E-state index in [0.717, 1.165) is 11.3 Å². The minimum absolute atomic E-state index is 0.0568. The molecule has 0 saturated heterocycles. The van der Waals surface area contributed by atoms with E-state index >= 15 is 0 Å².